The molecule has 0 saturated carbocycles. The molecule has 0 saturated heterocycles. The van der Waals surface area contributed by atoms with E-state index in [2.05, 4.69) is 20.3 Å². The van der Waals surface area contributed by atoms with Gasteiger partial charge in [0.1, 0.15) is 6.33 Å². The monoisotopic (exact) mass is 273 g/mol. The van der Waals surface area contributed by atoms with Crippen LogP contribution in [0.4, 0.5) is 0 Å². The molecule has 0 aliphatic rings. The van der Waals surface area contributed by atoms with Crippen LogP contribution in [0.2, 0.25) is 5.02 Å². The van der Waals surface area contributed by atoms with Crippen molar-refractivity contribution in [3.63, 3.8) is 0 Å². The molecule has 0 aliphatic heterocycles. The van der Waals surface area contributed by atoms with Crippen molar-refractivity contribution in [2.24, 2.45) is 0 Å². The molecule has 7 heteroatoms. The summed E-state index contributed by atoms with van der Waals surface area (Å²) in [5, 5.41) is 12.2. The summed E-state index contributed by atoms with van der Waals surface area (Å²) in [6.45, 7) is 0. The molecule has 3 aromatic rings. The van der Waals surface area contributed by atoms with Crippen molar-refractivity contribution in [3.05, 3.63) is 47.9 Å². The van der Waals surface area contributed by atoms with Gasteiger partial charge >= 0.3 is 0 Å². The highest BCUT2D eigenvalue weighted by atomic mass is 35.5. The molecular weight excluding hydrogens is 266 g/mol. The lowest BCUT2D eigenvalue weighted by molar-refractivity contribution is 0.542. The standard InChI is InChI=1S/C12H8ClN5O/c13-10-3-1-2-9(6-10)12-14-7-18(17-12)5-4-11-16-15-8-19-11/h1-8H/b5-4+. The van der Waals surface area contributed by atoms with E-state index in [0.29, 0.717) is 16.7 Å². The molecule has 0 spiro atoms. The second-order valence-electron chi connectivity index (χ2n) is 3.65. The summed E-state index contributed by atoms with van der Waals surface area (Å²) in [7, 11) is 0. The maximum absolute atomic E-state index is 5.93. The summed E-state index contributed by atoms with van der Waals surface area (Å²) >= 11 is 5.93. The summed E-state index contributed by atoms with van der Waals surface area (Å²) < 4.78 is 6.53. The molecule has 2 aromatic heterocycles. The van der Waals surface area contributed by atoms with E-state index in [1.165, 1.54) is 6.39 Å². The molecule has 0 atom stereocenters. The number of nitrogens with zero attached hydrogens (tertiary/aromatic N) is 5. The van der Waals surface area contributed by atoms with E-state index < -0.39 is 0 Å². The Bertz CT molecular complexity index is 705. The maximum Gasteiger partial charge on any atom is 0.241 e. The fraction of sp³-hybridized carbons (Fsp3) is 0. The first-order valence-electron chi connectivity index (χ1n) is 5.43. The van der Waals surface area contributed by atoms with Gasteiger partial charge in [-0.25, -0.2) is 9.67 Å². The lowest BCUT2D eigenvalue weighted by Gasteiger charge is -1.95. The van der Waals surface area contributed by atoms with E-state index in [4.69, 9.17) is 16.0 Å². The van der Waals surface area contributed by atoms with Gasteiger partial charge in [0.05, 0.1) is 0 Å². The largest absolute Gasteiger partial charge is 0.424 e. The average molecular weight is 274 g/mol. The van der Waals surface area contributed by atoms with Crippen molar-refractivity contribution in [1.82, 2.24) is 25.0 Å². The van der Waals surface area contributed by atoms with Crippen LogP contribution in [-0.4, -0.2) is 25.0 Å². The summed E-state index contributed by atoms with van der Waals surface area (Å²) in [5.74, 6) is 0.998. The molecule has 0 N–H and O–H groups in total. The first kappa shape index (κ1) is 11.6. The second-order valence-corrected chi connectivity index (χ2v) is 4.09. The molecule has 0 amide bonds. The number of rotatable bonds is 3. The first-order valence-corrected chi connectivity index (χ1v) is 5.80. The molecule has 3 rings (SSSR count). The van der Waals surface area contributed by atoms with E-state index in [1.54, 1.807) is 29.4 Å². The van der Waals surface area contributed by atoms with E-state index in [0.717, 1.165) is 5.56 Å². The van der Waals surface area contributed by atoms with Crippen molar-refractivity contribution >= 4 is 23.9 Å². The topological polar surface area (TPSA) is 69.6 Å². The van der Waals surface area contributed by atoms with Crippen LogP contribution in [0, 0.1) is 0 Å². The minimum Gasteiger partial charge on any atom is -0.424 e. The molecule has 0 aliphatic carbocycles. The van der Waals surface area contributed by atoms with Gasteiger partial charge in [0, 0.05) is 22.9 Å². The summed E-state index contributed by atoms with van der Waals surface area (Å²) in [4.78, 5) is 4.20. The molecule has 19 heavy (non-hydrogen) atoms. The third-order valence-corrected chi connectivity index (χ3v) is 2.57. The third-order valence-electron chi connectivity index (χ3n) is 2.34. The van der Waals surface area contributed by atoms with Gasteiger partial charge in [-0.15, -0.1) is 15.3 Å². The molecule has 0 unspecified atom stereocenters. The number of halogens is 1. The van der Waals surface area contributed by atoms with Crippen LogP contribution in [0.1, 0.15) is 5.89 Å². The van der Waals surface area contributed by atoms with E-state index in [-0.39, 0.29) is 0 Å². The molecule has 0 bridgehead atoms. The minimum absolute atomic E-state index is 0.403. The molecular formula is C12H8ClN5O. The Morgan fingerprint density at radius 3 is 3.05 bits per heavy atom. The number of aromatic nitrogens is 5. The van der Waals surface area contributed by atoms with Gasteiger partial charge in [0.25, 0.3) is 0 Å². The molecule has 1 aromatic carbocycles. The second kappa shape index (κ2) is 5.03. The molecule has 94 valence electrons. The highest BCUT2D eigenvalue weighted by molar-refractivity contribution is 6.30. The summed E-state index contributed by atoms with van der Waals surface area (Å²) in [6, 6.07) is 7.36. The maximum atomic E-state index is 5.93. The number of hydrogen-bond acceptors (Lipinski definition) is 5. The zero-order valence-corrected chi connectivity index (χ0v) is 10.4. The lowest BCUT2D eigenvalue weighted by atomic mass is 10.2. The minimum atomic E-state index is 0.403. The van der Waals surface area contributed by atoms with Crippen LogP contribution < -0.4 is 0 Å². The van der Waals surface area contributed by atoms with Crippen LogP contribution in [0.15, 0.2) is 41.4 Å². The lowest BCUT2D eigenvalue weighted by Crippen LogP contribution is -1.87. The van der Waals surface area contributed by atoms with Crippen LogP contribution >= 0.6 is 11.6 Å². The fourth-order valence-electron chi connectivity index (χ4n) is 1.50. The van der Waals surface area contributed by atoms with E-state index in [9.17, 15) is 0 Å². The highest BCUT2D eigenvalue weighted by Gasteiger charge is 2.03. The van der Waals surface area contributed by atoms with Crippen LogP contribution in [-0.2, 0) is 0 Å². The molecule has 0 radical (unpaired) electrons. The Morgan fingerprint density at radius 1 is 1.32 bits per heavy atom. The fourth-order valence-corrected chi connectivity index (χ4v) is 1.69. The average Bonchev–Trinajstić information content (AvgIpc) is 3.08. The van der Waals surface area contributed by atoms with Gasteiger partial charge in [-0.2, -0.15) is 0 Å². The normalized spacial score (nSPS) is 11.2. The van der Waals surface area contributed by atoms with Gasteiger partial charge in [0.15, 0.2) is 5.82 Å². The Kier molecular flexibility index (Phi) is 3.07. The summed E-state index contributed by atoms with van der Waals surface area (Å²) in [5.41, 5.74) is 0.859. The number of benzene rings is 1. The Hall–Kier alpha value is -2.47. The van der Waals surface area contributed by atoms with Gasteiger partial charge in [0.2, 0.25) is 12.3 Å². The number of hydrogen-bond donors (Lipinski definition) is 0. The first-order chi connectivity index (χ1) is 9.31. The molecule has 2 heterocycles. The highest BCUT2D eigenvalue weighted by Crippen LogP contribution is 2.18. The van der Waals surface area contributed by atoms with Crippen molar-refractivity contribution in [2.75, 3.05) is 0 Å². The van der Waals surface area contributed by atoms with Crippen molar-refractivity contribution in [1.29, 1.82) is 0 Å². The zero-order valence-electron chi connectivity index (χ0n) is 9.64. The van der Waals surface area contributed by atoms with E-state index in [1.807, 2.05) is 18.2 Å². The van der Waals surface area contributed by atoms with Gasteiger partial charge in [-0.05, 0) is 12.1 Å². The Labute approximate surface area is 113 Å². The Balaban J connectivity index is 1.83. The smallest absolute Gasteiger partial charge is 0.241 e. The van der Waals surface area contributed by atoms with E-state index >= 15 is 0 Å². The van der Waals surface area contributed by atoms with Crippen molar-refractivity contribution < 1.29 is 4.42 Å². The summed E-state index contributed by atoms with van der Waals surface area (Å²) in [6.07, 6.45) is 6.17. The third kappa shape index (κ3) is 2.69. The Morgan fingerprint density at radius 2 is 2.26 bits per heavy atom. The van der Waals surface area contributed by atoms with Crippen LogP contribution in [0.3, 0.4) is 0 Å². The van der Waals surface area contributed by atoms with Gasteiger partial charge in [-0.1, -0.05) is 23.7 Å². The zero-order chi connectivity index (χ0) is 13.1. The van der Waals surface area contributed by atoms with Crippen LogP contribution in [0.5, 0.6) is 0 Å². The van der Waals surface area contributed by atoms with Crippen molar-refractivity contribution in [2.45, 2.75) is 0 Å². The van der Waals surface area contributed by atoms with Gasteiger partial charge in [-0.3, -0.25) is 0 Å². The quantitative estimate of drug-likeness (QED) is 0.734. The predicted molar refractivity (Wildman–Crippen MR) is 70.0 cm³/mol. The van der Waals surface area contributed by atoms with Crippen molar-refractivity contribution in [3.8, 4) is 11.4 Å². The predicted octanol–water partition coefficient (Wildman–Crippen LogP) is 2.61. The molecule has 6 nitrogen and oxygen atoms in total. The SMILES string of the molecule is Clc1cccc(-c2ncn(/C=C/c3nnco3)n2)c1. The molecule has 0 fully saturated rings. The van der Waals surface area contributed by atoms with Crippen LogP contribution in [0.25, 0.3) is 23.7 Å². The van der Waals surface area contributed by atoms with Gasteiger partial charge < -0.3 is 4.42 Å².